The summed E-state index contributed by atoms with van der Waals surface area (Å²) in [6.45, 7) is 5.81. The van der Waals surface area contributed by atoms with Crippen molar-refractivity contribution >= 4 is 39.1 Å². The van der Waals surface area contributed by atoms with Crippen LogP contribution in [0, 0.1) is 10.8 Å². The van der Waals surface area contributed by atoms with E-state index in [1.807, 2.05) is 11.5 Å². The Morgan fingerprint density at radius 1 is 1.30 bits per heavy atom. The van der Waals surface area contributed by atoms with Crippen LogP contribution < -0.4 is 0 Å². The molecular weight excluding hydrogens is 388 g/mol. The van der Waals surface area contributed by atoms with E-state index in [-0.39, 0.29) is 22.5 Å². The average molecular weight is 413 g/mol. The SMILES string of the molecule is CCOC(=O)C1CCN(Cn2c(=S)oc3ccc(S(=O)(=O)CC)cc32)CC1. The molecule has 3 rings (SSSR count). The standard InChI is InChI=1S/C18H24N2O5S2/c1-3-24-17(21)13-7-9-19(10-8-13)12-20-15-11-14(27(22,23)4-2)5-6-16(15)25-18(20)26/h5-6,11,13H,3-4,7-10,12H2,1-2H3. The van der Waals surface area contributed by atoms with E-state index in [2.05, 4.69) is 4.90 Å². The minimum absolute atomic E-state index is 0.0401. The molecule has 7 nitrogen and oxygen atoms in total. The quantitative estimate of drug-likeness (QED) is 0.533. The molecule has 1 fully saturated rings. The summed E-state index contributed by atoms with van der Waals surface area (Å²) in [4.78, 5) is 14.6. The van der Waals surface area contributed by atoms with Gasteiger partial charge in [-0.1, -0.05) is 6.92 Å². The number of oxazole rings is 1. The maximum atomic E-state index is 12.2. The topological polar surface area (TPSA) is 81.8 Å². The van der Waals surface area contributed by atoms with E-state index >= 15 is 0 Å². The number of carbonyl (C=O) groups is 1. The first-order valence-electron chi connectivity index (χ1n) is 9.10. The summed E-state index contributed by atoms with van der Waals surface area (Å²) < 4.78 is 36.9. The highest BCUT2D eigenvalue weighted by Crippen LogP contribution is 2.25. The summed E-state index contributed by atoms with van der Waals surface area (Å²) in [5, 5.41) is 0. The first-order valence-corrected chi connectivity index (χ1v) is 11.2. The third-order valence-corrected chi connectivity index (χ3v) is 6.96. The minimum atomic E-state index is -3.31. The van der Waals surface area contributed by atoms with Crippen LogP contribution in [-0.4, -0.2) is 49.3 Å². The van der Waals surface area contributed by atoms with Gasteiger partial charge in [-0.05, 0) is 50.2 Å². The fourth-order valence-corrected chi connectivity index (χ4v) is 4.45. The number of hydrogen-bond acceptors (Lipinski definition) is 7. The number of esters is 1. The highest BCUT2D eigenvalue weighted by atomic mass is 32.2. The van der Waals surface area contributed by atoms with Gasteiger partial charge in [0.15, 0.2) is 15.4 Å². The molecule has 0 aliphatic carbocycles. The first-order chi connectivity index (χ1) is 12.9. The zero-order chi connectivity index (χ0) is 19.6. The van der Waals surface area contributed by atoms with Crippen molar-refractivity contribution in [3.05, 3.63) is 23.0 Å². The molecule has 1 aliphatic heterocycles. The monoisotopic (exact) mass is 412 g/mol. The number of piperidine rings is 1. The zero-order valence-corrected chi connectivity index (χ0v) is 17.1. The second kappa shape index (κ2) is 8.12. The van der Waals surface area contributed by atoms with Crippen LogP contribution in [0.25, 0.3) is 11.1 Å². The third kappa shape index (κ3) is 4.25. The highest BCUT2D eigenvalue weighted by Gasteiger charge is 2.26. The van der Waals surface area contributed by atoms with Gasteiger partial charge in [0.1, 0.15) is 0 Å². The Balaban J connectivity index is 1.79. The smallest absolute Gasteiger partial charge is 0.309 e. The molecule has 1 aliphatic rings. The summed E-state index contributed by atoms with van der Waals surface area (Å²) >= 11 is 5.33. The second-order valence-electron chi connectivity index (χ2n) is 6.61. The molecule has 1 saturated heterocycles. The number of fused-ring (bicyclic) bond motifs is 1. The predicted molar refractivity (Wildman–Crippen MR) is 104 cm³/mol. The van der Waals surface area contributed by atoms with Gasteiger partial charge in [0.25, 0.3) is 4.84 Å². The molecule has 148 valence electrons. The van der Waals surface area contributed by atoms with Crippen molar-refractivity contribution in [1.82, 2.24) is 9.47 Å². The molecule has 2 aromatic rings. The fourth-order valence-electron chi connectivity index (χ4n) is 3.31. The van der Waals surface area contributed by atoms with Crippen molar-refractivity contribution in [3.63, 3.8) is 0 Å². The van der Waals surface area contributed by atoms with Crippen LogP contribution in [0.4, 0.5) is 0 Å². The summed E-state index contributed by atoms with van der Waals surface area (Å²) in [7, 11) is -3.31. The third-order valence-electron chi connectivity index (χ3n) is 4.93. The molecule has 1 aromatic heterocycles. The molecule has 9 heteroatoms. The van der Waals surface area contributed by atoms with E-state index in [0.29, 0.717) is 29.2 Å². The molecule has 0 radical (unpaired) electrons. The lowest BCUT2D eigenvalue weighted by Gasteiger charge is -2.30. The van der Waals surface area contributed by atoms with Gasteiger partial charge in [0.05, 0.1) is 35.4 Å². The van der Waals surface area contributed by atoms with Gasteiger partial charge < -0.3 is 9.15 Å². The van der Waals surface area contributed by atoms with Crippen molar-refractivity contribution in [3.8, 4) is 0 Å². The van der Waals surface area contributed by atoms with E-state index in [9.17, 15) is 13.2 Å². The lowest BCUT2D eigenvalue weighted by molar-refractivity contribution is -0.149. The van der Waals surface area contributed by atoms with Crippen molar-refractivity contribution < 1.29 is 22.4 Å². The minimum Gasteiger partial charge on any atom is -0.466 e. The van der Waals surface area contributed by atoms with Crippen LogP contribution >= 0.6 is 12.2 Å². The van der Waals surface area contributed by atoms with E-state index in [1.54, 1.807) is 25.1 Å². The fraction of sp³-hybridized carbons (Fsp3) is 0.556. The normalized spacial score (nSPS) is 16.7. The summed E-state index contributed by atoms with van der Waals surface area (Å²) in [6, 6.07) is 4.82. The van der Waals surface area contributed by atoms with Crippen LogP contribution in [0.15, 0.2) is 27.5 Å². The molecule has 0 atom stereocenters. The Hall–Kier alpha value is -1.71. The molecule has 1 aromatic carbocycles. The average Bonchev–Trinajstić information content (AvgIpc) is 2.97. The molecule has 0 amide bonds. The van der Waals surface area contributed by atoms with Crippen LogP contribution in [0.5, 0.6) is 0 Å². The lowest BCUT2D eigenvalue weighted by atomic mass is 9.97. The second-order valence-corrected chi connectivity index (χ2v) is 9.24. The maximum Gasteiger partial charge on any atom is 0.309 e. The molecule has 2 heterocycles. The molecule has 0 saturated carbocycles. The van der Waals surface area contributed by atoms with E-state index < -0.39 is 9.84 Å². The molecule has 0 N–H and O–H groups in total. The van der Waals surface area contributed by atoms with Gasteiger partial charge in [0, 0.05) is 13.1 Å². The van der Waals surface area contributed by atoms with Gasteiger partial charge in [-0.15, -0.1) is 0 Å². The Morgan fingerprint density at radius 2 is 2.00 bits per heavy atom. The van der Waals surface area contributed by atoms with E-state index in [0.717, 1.165) is 25.9 Å². The molecule has 0 bridgehead atoms. The van der Waals surface area contributed by atoms with E-state index in [4.69, 9.17) is 21.4 Å². The summed E-state index contributed by atoms with van der Waals surface area (Å²) in [6.07, 6.45) is 1.47. The largest absolute Gasteiger partial charge is 0.466 e. The number of benzene rings is 1. The van der Waals surface area contributed by atoms with Crippen molar-refractivity contribution in [2.75, 3.05) is 25.4 Å². The first kappa shape index (κ1) is 20.0. The number of sulfone groups is 1. The predicted octanol–water partition coefficient (Wildman–Crippen LogP) is 2.99. The van der Waals surface area contributed by atoms with Crippen LogP contribution in [0.3, 0.4) is 0 Å². The highest BCUT2D eigenvalue weighted by molar-refractivity contribution is 7.91. The van der Waals surface area contributed by atoms with Gasteiger partial charge in [-0.2, -0.15) is 0 Å². The molecule has 0 unspecified atom stereocenters. The van der Waals surface area contributed by atoms with Crippen molar-refractivity contribution in [2.45, 2.75) is 38.3 Å². The number of hydrogen-bond donors (Lipinski definition) is 0. The van der Waals surface area contributed by atoms with Crippen molar-refractivity contribution in [2.24, 2.45) is 5.92 Å². The molecule has 0 spiro atoms. The Labute approximate surface area is 163 Å². The van der Waals surface area contributed by atoms with E-state index in [1.165, 1.54) is 0 Å². The van der Waals surface area contributed by atoms with Gasteiger partial charge >= 0.3 is 5.97 Å². The van der Waals surface area contributed by atoms with Crippen molar-refractivity contribution in [1.29, 1.82) is 0 Å². The Kier molecular flexibility index (Phi) is 6.02. The Morgan fingerprint density at radius 3 is 2.63 bits per heavy atom. The van der Waals surface area contributed by atoms with Crippen LogP contribution in [-0.2, 0) is 26.0 Å². The number of ether oxygens (including phenoxy) is 1. The van der Waals surface area contributed by atoms with Crippen LogP contribution in [0.1, 0.15) is 26.7 Å². The Bertz CT molecular complexity index is 985. The van der Waals surface area contributed by atoms with Crippen LogP contribution in [0.2, 0.25) is 0 Å². The van der Waals surface area contributed by atoms with Gasteiger partial charge in [-0.25, -0.2) is 8.42 Å². The number of nitrogens with zero attached hydrogens (tertiary/aromatic N) is 2. The molecule has 27 heavy (non-hydrogen) atoms. The number of rotatable bonds is 6. The summed E-state index contributed by atoms with van der Waals surface area (Å²) in [5.74, 6) is -0.146. The lowest BCUT2D eigenvalue weighted by Crippen LogP contribution is -2.37. The zero-order valence-electron chi connectivity index (χ0n) is 15.5. The maximum absolute atomic E-state index is 12.2. The number of likely N-dealkylation sites (tertiary alicyclic amines) is 1. The number of carbonyl (C=O) groups excluding carboxylic acids is 1. The van der Waals surface area contributed by atoms with Gasteiger partial charge in [0.2, 0.25) is 0 Å². The molecular formula is C18H24N2O5S2. The summed E-state index contributed by atoms with van der Waals surface area (Å²) in [5.41, 5.74) is 1.23. The van der Waals surface area contributed by atoms with Gasteiger partial charge in [-0.3, -0.25) is 14.3 Å². The number of aromatic nitrogens is 1.